The highest BCUT2D eigenvalue weighted by atomic mass is 28.4. The van der Waals surface area contributed by atoms with Crippen molar-refractivity contribution in [1.82, 2.24) is 0 Å². The third kappa shape index (κ3) is 7.00. The molecule has 3 rings (SSSR count). The van der Waals surface area contributed by atoms with Gasteiger partial charge in [-0.3, -0.25) is 0 Å². The monoisotopic (exact) mass is 700 g/mol. The van der Waals surface area contributed by atoms with Gasteiger partial charge in [0.05, 0.1) is 17.8 Å². The van der Waals surface area contributed by atoms with Crippen molar-refractivity contribution in [2.24, 2.45) is 5.92 Å². The maximum Gasteiger partial charge on any atom is 0.200 e. The van der Waals surface area contributed by atoms with Gasteiger partial charge in [0.15, 0.2) is 31.2 Å². The molecule has 2 bridgehead atoms. The lowest BCUT2D eigenvalue weighted by atomic mass is 9.71. The Kier molecular flexibility index (Phi) is 13.3. The Labute approximate surface area is 286 Å². The van der Waals surface area contributed by atoms with Gasteiger partial charge in [-0.15, -0.1) is 0 Å². The number of ether oxygens (including phenoxy) is 2. The first-order valence-corrected chi connectivity index (χ1v) is 26.2. The SMILES string of the molecule is CC[Si](CC)(CC)O[C@H]1C[C@@](C)(O[Si](CC)(CC)CC)[C@H]2CC[C@@](O)(C=O)[C@H](O2)[C@@H]2O[C@]12[C@H](C)CO[Si](C(C)C)(C(C)C)C(C)C. The first-order valence-electron chi connectivity index (χ1n) is 19.0. The van der Waals surface area contributed by atoms with Crippen LogP contribution in [0, 0.1) is 5.92 Å². The lowest BCUT2D eigenvalue weighted by molar-refractivity contribution is -0.222. The van der Waals surface area contributed by atoms with Crippen molar-refractivity contribution in [2.75, 3.05) is 6.61 Å². The Bertz CT molecular complexity index is 964. The highest BCUT2D eigenvalue weighted by molar-refractivity contribution is 6.77. The second-order valence-corrected chi connectivity index (χ2v) is 31.2. The Balaban J connectivity index is 2.21. The molecule has 8 atom stereocenters. The van der Waals surface area contributed by atoms with E-state index in [1.807, 2.05) is 0 Å². The maximum atomic E-state index is 12.6. The number of carbonyl (C=O) groups is 1. The highest BCUT2D eigenvalue weighted by Crippen LogP contribution is 2.59. The maximum absolute atomic E-state index is 12.6. The number of epoxide rings is 1. The third-order valence-corrected chi connectivity index (χ3v) is 28.8. The molecule has 0 aliphatic carbocycles. The first-order chi connectivity index (χ1) is 21.4. The minimum absolute atomic E-state index is 0.0318. The summed E-state index contributed by atoms with van der Waals surface area (Å²) in [4.78, 5) is 12.6. The normalized spacial score (nSPS) is 34.4. The molecule has 7 nitrogen and oxygen atoms in total. The molecule has 0 saturated carbocycles. The zero-order chi connectivity index (χ0) is 34.9. The number of aliphatic hydroxyl groups is 1. The van der Waals surface area contributed by atoms with Gasteiger partial charge in [0.1, 0.15) is 23.4 Å². The fraction of sp³-hybridized carbons (Fsp3) is 0.972. The van der Waals surface area contributed by atoms with Crippen molar-refractivity contribution in [2.45, 2.75) is 210 Å². The van der Waals surface area contributed by atoms with Gasteiger partial charge in [-0.2, -0.15) is 0 Å². The van der Waals surface area contributed by atoms with E-state index in [4.69, 9.17) is 22.8 Å². The van der Waals surface area contributed by atoms with E-state index in [1.165, 1.54) is 0 Å². The van der Waals surface area contributed by atoms with Crippen LogP contribution in [0.4, 0.5) is 0 Å². The average molecular weight is 701 g/mol. The predicted octanol–water partition coefficient (Wildman–Crippen LogP) is 9.00. The topological polar surface area (TPSA) is 86.8 Å². The van der Waals surface area contributed by atoms with Gasteiger partial charge in [-0.1, -0.05) is 90.0 Å². The molecular weight excluding hydrogens is 629 g/mol. The summed E-state index contributed by atoms with van der Waals surface area (Å²) in [5, 5.41) is 11.8. The Morgan fingerprint density at radius 2 is 1.33 bits per heavy atom. The summed E-state index contributed by atoms with van der Waals surface area (Å²) in [6, 6.07) is 6.20. The quantitative estimate of drug-likeness (QED) is 0.0868. The smallest absolute Gasteiger partial charge is 0.200 e. The Morgan fingerprint density at radius 1 is 0.826 bits per heavy atom. The molecule has 0 aromatic heterocycles. The third-order valence-electron chi connectivity index (χ3n) is 13.4. The number of hydrogen-bond donors (Lipinski definition) is 1. The van der Waals surface area contributed by atoms with Gasteiger partial charge < -0.3 is 32.7 Å². The Hall–Kier alpha value is 0.0806. The molecule has 3 saturated heterocycles. The van der Waals surface area contributed by atoms with Crippen LogP contribution in [0.5, 0.6) is 0 Å². The molecule has 46 heavy (non-hydrogen) atoms. The fourth-order valence-corrected chi connectivity index (χ4v) is 21.3. The van der Waals surface area contributed by atoms with Crippen molar-refractivity contribution >= 4 is 31.2 Å². The number of carbonyl (C=O) groups excluding carboxylic acids is 1. The van der Waals surface area contributed by atoms with Crippen molar-refractivity contribution < 1.29 is 32.7 Å². The van der Waals surface area contributed by atoms with E-state index in [-0.39, 0.29) is 18.1 Å². The summed E-state index contributed by atoms with van der Waals surface area (Å²) in [6.07, 6.45) is 0.571. The highest BCUT2D eigenvalue weighted by Gasteiger charge is 2.75. The molecule has 270 valence electrons. The summed E-state index contributed by atoms with van der Waals surface area (Å²) < 4.78 is 36.1. The molecule has 10 heteroatoms. The minimum Gasteiger partial charge on any atom is -0.416 e. The number of fused-ring (bicyclic) bond motifs is 4. The zero-order valence-electron chi connectivity index (χ0n) is 32.2. The van der Waals surface area contributed by atoms with Gasteiger partial charge >= 0.3 is 0 Å². The lowest BCUT2D eigenvalue weighted by Gasteiger charge is -2.53. The largest absolute Gasteiger partial charge is 0.416 e. The predicted molar refractivity (Wildman–Crippen MR) is 196 cm³/mol. The van der Waals surface area contributed by atoms with Gasteiger partial charge in [0.25, 0.3) is 0 Å². The van der Waals surface area contributed by atoms with E-state index >= 15 is 0 Å². The van der Waals surface area contributed by atoms with Gasteiger partial charge in [-0.25, -0.2) is 0 Å². The van der Waals surface area contributed by atoms with Crippen LogP contribution in [-0.4, -0.2) is 84.2 Å². The van der Waals surface area contributed by atoms with E-state index in [1.54, 1.807) is 0 Å². The minimum atomic E-state index is -2.16. The van der Waals surface area contributed by atoms with Crippen LogP contribution in [0.2, 0.25) is 52.9 Å². The molecule has 1 N–H and O–H groups in total. The van der Waals surface area contributed by atoms with Crippen molar-refractivity contribution in [3.63, 3.8) is 0 Å². The van der Waals surface area contributed by atoms with Crippen LogP contribution in [0.1, 0.15) is 116 Å². The molecule has 0 amide bonds. The molecule has 3 fully saturated rings. The average Bonchev–Trinajstić information content (AvgIpc) is 3.78. The molecule has 3 aliphatic rings. The van der Waals surface area contributed by atoms with Crippen LogP contribution in [0.3, 0.4) is 0 Å². The summed E-state index contributed by atoms with van der Waals surface area (Å²) in [6.45, 7) is 32.6. The zero-order valence-corrected chi connectivity index (χ0v) is 35.2. The summed E-state index contributed by atoms with van der Waals surface area (Å²) in [5.74, 6) is -0.0318. The van der Waals surface area contributed by atoms with E-state index in [0.29, 0.717) is 48.8 Å². The summed E-state index contributed by atoms with van der Waals surface area (Å²) >= 11 is 0. The second kappa shape index (κ2) is 15.1. The Morgan fingerprint density at radius 3 is 1.76 bits per heavy atom. The van der Waals surface area contributed by atoms with Crippen LogP contribution in [0.25, 0.3) is 0 Å². The molecule has 0 aromatic rings. The van der Waals surface area contributed by atoms with Crippen LogP contribution in [-0.2, 0) is 27.5 Å². The molecule has 3 aliphatic heterocycles. The molecule has 0 unspecified atom stereocenters. The van der Waals surface area contributed by atoms with Crippen molar-refractivity contribution in [1.29, 1.82) is 0 Å². The summed E-state index contributed by atoms with van der Waals surface area (Å²) in [7, 11) is -6.36. The summed E-state index contributed by atoms with van der Waals surface area (Å²) in [5.41, 5.74) is -1.59. The van der Waals surface area contributed by atoms with E-state index in [0.717, 1.165) is 36.3 Å². The molecule has 3 heterocycles. The molecular formula is C36H72O7Si3. The van der Waals surface area contributed by atoms with Gasteiger partial charge in [-0.05, 0) is 72.7 Å². The lowest BCUT2D eigenvalue weighted by Crippen LogP contribution is -2.66. The standard InChI is InChI=1S/C36H72O7Si3/c1-15-44(16-2,17-3)42-31-23-34(14,43-45(18-4,19-5)20-6)30-21-22-35(38,25-37)32(40-30)33-36(31,41-33)29(13)24-39-46(26(7)8,27(9)10)28(11)12/h25-33,38H,15-24H2,1-14H3/t29-,30-,31+,32-,33+,34-,35-,36-/m1/s1. The fourth-order valence-electron chi connectivity index (χ4n) is 9.80. The van der Waals surface area contributed by atoms with Gasteiger partial charge in [0, 0.05) is 18.9 Å². The number of aldehydes is 1. The van der Waals surface area contributed by atoms with E-state index in [9.17, 15) is 9.90 Å². The second-order valence-electron chi connectivity index (χ2n) is 16.3. The van der Waals surface area contributed by atoms with Crippen molar-refractivity contribution in [3.05, 3.63) is 0 Å². The molecule has 0 spiro atoms. The van der Waals surface area contributed by atoms with Gasteiger partial charge in [0.2, 0.25) is 0 Å². The van der Waals surface area contributed by atoms with E-state index < -0.39 is 54.0 Å². The number of hydrogen-bond acceptors (Lipinski definition) is 7. The number of rotatable bonds is 18. The molecule has 0 aromatic carbocycles. The van der Waals surface area contributed by atoms with Crippen LogP contribution in [0.15, 0.2) is 0 Å². The van der Waals surface area contributed by atoms with Crippen LogP contribution >= 0.6 is 0 Å². The first kappa shape index (κ1) is 40.5. The van der Waals surface area contributed by atoms with Crippen LogP contribution < -0.4 is 0 Å². The molecule has 0 radical (unpaired) electrons. The van der Waals surface area contributed by atoms with E-state index in [2.05, 4.69) is 96.9 Å². The van der Waals surface area contributed by atoms with Crippen molar-refractivity contribution in [3.8, 4) is 0 Å².